The molecule has 0 spiro atoms. The Labute approximate surface area is 82.7 Å². The number of nitrogens with two attached hydrogens (primary N) is 1. The fourth-order valence-corrected chi connectivity index (χ4v) is 3.24. The van der Waals surface area contributed by atoms with Crippen LogP contribution in [0.3, 0.4) is 0 Å². The smallest absolute Gasteiger partial charge is 0.143 e. The quantitative estimate of drug-likeness (QED) is 0.700. The largest absolute Gasteiger partial charge is 0.360 e. The van der Waals surface area contributed by atoms with Crippen molar-refractivity contribution in [2.75, 3.05) is 7.11 Å². The molecule has 1 aromatic rings. The molecule has 0 bridgehead atoms. The lowest BCUT2D eigenvalue weighted by molar-refractivity contribution is -0.0236. The van der Waals surface area contributed by atoms with Crippen LogP contribution in [0.4, 0.5) is 0 Å². The van der Waals surface area contributed by atoms with Crippen LogP contribution in [-0.2, 0) is 16.9 Å². The average Bonchev–Trinajstić information content (AvgIpc) is 2.50. The molecule has 0 saturated carbocycles. The molecule has 2 rings (SSSR count). The van der Waals surface area contributed by atoms with Crippen LogP contribution in [0.1, 0.15) is 28.8 Å². The fraction of sp³-hybridized carbons (Fsp3) is 0.600. The van der Waals surface area contributed by atoms with E-state index in [1.165, 1.54) is 16.0 Å². The number of aryl methyl sites for hydroxylation is 2. The van der Waals surface area contributed by atoms with Crippen LogP contribution in [0.5, 0.6) is 0 Å². The summed E-state index contributed by atoms with van der Waals surface area (Å²) < 4.78 is 5.43. The van der Waals surface area contributed by atoms with Gasteiger partial charge < -0.3 is 4.74 Å². The van der Waals surface area contributed by atoms with Crippen LogP contribution in [0.2, 0.25) is 0 Å². The second-order valence-electron chi connectivity index (χ2n) is 3.66. The summed E-state index contributed by atoms with van der Waals surface area (Å²) in [6.45, 7) is 2.11. The first-order chi connectivity index (χ1) is 6.17. The van der Waals surface area contributed by atoms with Gasteiger partial charge in [0.2, 0.25) is 0 Å². The molecule has 0 unspecified atom stereocenters. The van der Waals surface area contributed by atoms with Gasteiger partial charge in [-0.15, -0.1) is 11.3 Å². The van der Waals surface area contributed by atoms with Gasteiger partial charge in [-0.1, -0.05) is 0 Å². The Bertz CT molecular complexity index is 321. The van der Waals surface area contributed by atoms with E-state index in [-0.39, 0.29) is 0 Å². The van der Waals surface area contributed by atoms with Crippen LogP contribution in [0, 0.1) is 6.92 Å². The van der Waals surface area contributed by atoms with E-state index in [1.807, 2.05) is 11.3 Å². The Hall–Kier alpha value is -0.380. The number of fused-ring (bicyclic) bond motifs is 1. The maximum Gasteiger partial charge on any atom is 0.143 e. The maximum absolute atomic E-state index is 6.20. The van der Waals surface area contributed by atoms with Gasteiger partial charge in [0, 0.05) is 17.6 Å². The number of hydrogen-bond acceptors (Lipinski definition) is 3. The van der Waals surface area contributed by atoms with E-state index in [9.17, 15) is 0 Å². The highest BCUT2D eigenvalue weighted by Gasteiger charge is 2.34. The normalized spacial score (nSPS) is 27.3. The van der Waals surface area contributed by atoms with E-state index >= 15 is 0 Å². The van der Waals surface area contributed by atoms with Crippen molar-refractivity contribution in [2.45, 2.75) is 31.9 Å². The number of rotatable bonds is 1. The van der Waals surface area contributed by atoms with Crippen molar-refractivity contribution in [3.8, 4) is 0 Å². The molecular weight excluding hydrogens is 182 g/mol. The van der Waals surface area contributed by atoms with Gasteiger partial charge in [0.1, 0.15) is 5.72 Å². The first-order valence-electron chi connectivity index (χ1n) is 4.59. The SMILES string of the molecule is CO[C@]1(N)CCCc2scc(C)c21. The van der Waals surface area contributed by atoms with Crippen molar-refractivity contribution in [1.29, 1.82) is 0 Å². The molecule has 0 amide bonds. The zero-order valence-electron chi connectivity index (χ0n) is 8.09. The van der Waals surface area contributed by atoms with Crippen LogP contribution >= 0.6 is 11.3 Å². The Morgan fingerprint density at radius 1 is 1.62 bits per heavy atom. The Balaban J connectivity index is 2.52. The second-order valence-corrected chi connectivity index (χ2v) is 4.63. The maximum atomic E-state index is 6.20. The summed E-state index contributed by atoms with van der Waals surface area (Å²) in [7, 11) is 1.70. The Kier molecular flexibility index (Phi) is 2.18. The summed E-state index contributed by atoms with van der Waals surface area (Å²) in [4.78, 5) is 1.41. The molecule has 2 nitrogen and oxygen atoms in total. The van der Waals surface area contributed by atoms with Crippen molar-refractivity contribution in [2.24, 2.45) is 5.73 Å². The van der Waals surface area contributed by atoms with E-state index in [1.54, 1.807) is 7.11 Å². The molecule has 1 aliphatic carbocycles. The third kappa shape index (κ3) is 1.31. The summed E-state index contributed by atoms with van der Waals surface area (Å²) in [5.74, 6) is 0. The van der Waals surface area contributed by atoms with Gasteiger partial charge in [0.25, 0.3) is 0 Å². The number of thiophene rings is 1. The third-order valence-electron chi connectivity index (χ3n) is 2.79. The minimum atomic E-state index is -0.516. The summed E-state index contributed by atoms with van der Waals surface area (Å²) in [6, 6.07) is 0. The summed E-state index contributed by atoms with van der Waals surface area (Å²) >= 11 is 1.81. The first-order valence-corrected chi connectivity index (χ1v) is 5.47. The molecule has 1 heterocycles. The lowest BCUT2D eigenvalue weighted by Crippen LogP contribution is -2.41. The molecule has 0 saturated heterocycles. The number of ether oxygens (including phenoxy) is 1. The topological polar surface area (TPSA) is 35.2 Å². The van der Waals surface area contributed by atoms with Crippen molar-refractivity contribution < 1.29 is 4.74 Å². The molecule has 0 aromatic carbocycles. The molecule has 3 heteroatoms. The predicted molar refractivity (Wildman–Crippen MR) is 54.9 cm³/mol. The lowest BCUT2D eigenvalue weighted by Gasteiger charge is -2.33. The van der Waals surface area contributed by atoms with E-state index in [2.05, 4.69) is 12.3 Å². The molecule has 1 aliphatic rings. The van der Waals surface area contributed by atoms with Crippen molar-refractivity contribution in [3.63, 3.8) is 0 Å². The zero-order chi connectivity index (χ0) is 9.47. The van der Waals surface area contributed by atoms with Gasteiger partial charge in [0.05, 0.1) is 0 Å². The third-order valence-corrected chi connectivity index (χ3v) is 3.95. The molecule has 13 heavy (non-hydrogen) atoms. The second kappa shape index (κ2) is 3.08. The molecule has 0 aliphatic heterocycles. The van der Waals surface area contributed by atoms with E-state index in [0.29, 0.717) is 0 Å². The summed E-state index contributed by atoms with van der Waals surface area (Å²) in [5, 5.41) is 2.18. The molecule has 1 atom stereocenters. The Morgan fingerprint density at radius 3 is 3.08 bits per heavy atom. The minimum absolute atomic E-state index is 0.516. The first kappa shape index (κ1) is 9.19. The molecular formula is C10H15NOS. The van der Waals surface area contributed by atoms with Crippen molar-refractivity contribution >= 4 is 11.3 Å². The average molecular weight is 197 g/mol. The van der Waals surface area contributed by atoms with Gasteiger partial charge in [-0.05, 0) is 37.1 Å². The van der Waals surface area contributed by atoms with E-state index < -0.39 is 5.72 Å². The van der Waals surface area contributed by atoms with Crippen LogP contribution in [0.15, 0.2) is 5.38 Å². The zero-order valence-corrected chi connectivity index (χ0v) is 8.91. The fourth-order valence-electron chi connectivity index (χ4n) is 2.09. The Morgan fingerprint density at radius 2 is 2.38 bits per heavy atom. The number of methoxy groups -OCH3 is 1. The predicted octanol–water partition coefficient (Wildman–Crippen LogP) is 2.15. The van der Waals surface area contributed by atoms with Gasteiger partial charge in [-0.25, -0.2) is 0 Å². The number of hydrogen-bond donors (Lipinski definition) is 1. The molecule has 2 N–H and O–H groups in total. The molecule has 1 aromatic heterocycles. The van der Waals surface area contributed by atoms with Gasteiger partial charge >= 0.3 is 0 Å². The molecule has 72 valence electrons. The van der Waals surface area contributed by atoms with Crippen LogP contribution in [-0.4, -0.2) is 7.11 Å². The summed E-state index contributed by atoms with van der Waals surface area (Å²) in [5.41, 5.74) is 8.21. The van der Waals surface area contributed by atoms with Gasteiger partial charge in [-0.3, -0.25) is 5.73 Å². The van der Waals surface area contributed by atoms with Crippen LogP contribution < -0.4 is 5.73 Å². The van der Waals surface area contributed by atoms with Crippen molar-refractivity contribution in [3.05, 3.63) is 21.4 Å². The van der Waals surface area contributed by atoms with E-state index in [0.717, 1.165) is 19.3 Å². The summed E-state index contributed by atoms with van der Waals surface area (Å²) in [6.07, 6.45) is 3.24. The molecule has 0 fully saturated rings. The monoisotopic (exact) mass is 197 g/mol. The van der Waals surface area contributed by atoms with Gasteiger partial charge in [0.15, 0.2) is 0 Å². The minimum Gasteiger partial charge on any atom is -0.360 e. The lowest BCUT2D eigenvalue weighted by atomic mass is 9.88. The van der Waals surface area contributed by atoms with Crippen molar-refractivity contribution in [1.82, 2.24) is 0 Å². The van der Waals surface area contributed by atoms with E-state index in [4.69, 9.17) is 10.5 Å². The highest BCUT2D eigenvalue weighted by atomic mass is 32.1. The van der Waals surface area contributed by atoms with Crippen LogP contribution in [0.25, 0.3) is 0 Å². The standard InChI is InChI=1S/C10H15NOS/c1-7-6-13-8-4-3-5-10(11,12-2)9(7)8/h6H,3-5,11H2,1-2H3/t10-/m1/s1. The highest BCUT2D eigenvalue weighted by Crippen LogP contribution is 2.39. The van der Waals surface area contributed by atoms with Gasteiger partial charge in [-0.2, -0.15) is 0 Å². The highest BCUT2D eigenvalue weighted by molar-refractivity contribution is 7.10. The molecule has 0 radical (unpaired) electrons.